The zero-order valence-electron chi connectivity index (χ0n) is 19.5. The Kier molecular flexibility index (Phi) is 6.37. The third-order valence-electron chi connectivity index (χ3n) is 6.09. The van der Waals surface area contributed by atoms with Gasteiger partial charge in [0.25, 0.3) is 5.91 Å². The smallest absolute Gasteiger partial charge is 0.251 e. The van der Waals surface area contributed by atoms with Crippen molar-refractivity contribution in [3.05, 3.63) is 89.0 Å². The topological polar surface area (TPSA) is 90.0 Å². The number of nitrogen functional groups attached to an aromatic ring is 1. The molecule has 34 heavy (non-hydrogen) atoms. The Bertz CT molecular complexity index is 1260. The first kappa shape index (κ1) is 23.4. The van der Waals surface area contributed by atoms with Crippen molar-refractivity contribution in [1.82, 2.24) is 15.1 Å². The number of nitrogens with zero attached hydrogens (tertiary/aromatic N) is 2. The Labute approximate surface area is 198 Å². The van der Waals surface area contributed by atoms with E-state index in [0.717, 1.165) is 23.4 Å². The highest BCUT2D eigenvalue weighted by molar-refractivity contribution is 6.00. The van der Waals surface area contributed by atoms with Gasteiger partial charge in [0.05, 0.1) is 28.3 Å². The molecule has 7 heteroatoms. The molecule has 1 amide bonds. The third-order valence-corrected chi connectivity index (χ3v) is 6.09. The van der Waals surface area contributed by atoms with Crippen LogP contribution >= 0.6 is 0 Å². The highest BCUT2D eigenvalue weighted by Gasteiger charge is 2.36. The lowest BCUT2D eigenvalue weighted by Crippen LogP contribution is -2.28. The number of carbonyl (C=O) groups is 2. The van der Waals surface area contributed by atoms with E-state index in [9.17, 15) is 14.0 Å². The second-order valence-corrected chi connectivity index (χ2v) is 9.53. The average molecular weight is 461 g/mol. The summed E-state index contributed by atoms with van der Waals surface area (Å²) in [5, 5.41) is 7.59. The molecule has 0 radical (unpaired) electrons. The van der Waals surface area contributed by atoms with Crippen LogP contribution in [-0.4, -0.2) is 21.5 Å². The second kappa shape index (κ2) is 9.25. The maximum absolute atomic E-state index is 13.1. The van der Waals surface area contributed by atoms with Crippen LogP contribution in [0, 0.1) is 11.2 Å². The Morgan fingerprint density at radius 3 is 2.65 bits per heavy atom. The predicted molar refractivity (Wildman–Crippen MR) is 130 cm³/mol. The number of halogens is 1. The molecule has 1 heterocycles. The monoisotopic (exact) mass is 460 g/mol. The Hall–Kier alpha value is -3.74. The number of aryl methyl sites for hydroxylation is 1. The fraction of sp³-hybridized carbons (Fsp3) is 0.296. The Balaban J connectivity index is 1.62. The summed E-state index contributed by atoms with van der Waals surface area (Å²) in [5.41, 5.74) is 10.8. The largest absolute Gasteiger partial charge is 0.397 e. The molecule has 0 saturated heterocycles. The molecule has 176 valence electrons. The molecule has 6 nitrogen and oxygen atoms in total. The number of allylic oxidation sites excluding steroid dienone is 1. The van der Waals surface area contributed by atoms with Crippen LogP contribution in [0.1, 0.15) is 64.4 Å². The fourth-order valence-corrected chi connectivity index (χ4v) is 4.42. The van der Waals surface area contributed by atoms with Gasteiger partial charge < -0.3 is 11.1 Å². The maximum Gasteiger partial charge on any atom is 0.251 e. The third kappa shape index (κ3) is 4.78. The number of ketones is 1. The number of benzene rings is 2. The number of nitrogens with two attached hydrogens (primary N) is 1. The SMILES string of the molecule is C=CCCc1nn(-c2ccc(C(=O)NCc3ccc(F)cc3)cc2N)c2c1C(=O)CC(C)(C)C2. The number of Topliss-reactive ketones (excluding diaryl/α,β-unsaturated/α-hetero) is 1. The lowest BCUT2D eigenvalue weighted by Gasteiger charge is -2.29. The van der Waals surface area contributed by atoms with Gasteiger partial charge >= 0.3 is 0 Å². The van der Waals surface area contributed by atoms with Crippen molar-refractivity contribution in [3.8, 4) is 5.69 Å². The summed E-state index contributed by atoms with van der Waals surface area (Å²) in [6.07, 6.45) is 4.36. The quantitative estimate of drug-likeness (QED) is 0.392. The van der Waals surface area contributed by atoms with Crippen LogP contribution in [0.3, 0.4) is 0 Å². The van der Waals surface area contributed by atoms with Gasteiger partial charge in [0, 0.05) is 18.5 Å². The summed E-state index contributed by atoms with van der Waals surface area (Å²) in [6.45, 7) is 8.21. The number of rotatable bonds is 7. The van der Waals surface area contributed by atoms with Gasteiger partial charge in [0.2, 0.25) is 0 Å². The van der Waals surface area contributed by atoms with Crippen LogP contribution in [0.5, 0.6) is 0 Å². The maximum atomic E-state index is 13.1. The first-order valence-corrected chi connectivity index (χ1v) is 11.4. The van der Waals surface area contributed by atoms with Crippen LogP contribution in [0.4, 0.5) is 10.1 Å². The normalized spacial score (nSPS) is 14.5. The molecule has 3 N–H and O–H groups in total. The molecule has 0 atom stereocenters. The summed E-state index contributed by atoms with van der Waals surface area (Å²) in [4.78, 5) is 25.6. The number of fused-ring (bicyclic) bond motifs is 1. The molecular weight excluding hydrogens is 431 g/mol. The van der Waals surface area contributed by atoms with E-state index < -0.39 is 0 Å². The summed E-state index contributed by atoms with van der Waals surface area (Å²) in [7, 11) is 0. The van der Waals surface area contributed by atoms with Crippen LogP contribution < -0.4 is 11.1 Å². The molecule has 1 aromatic heterocycles. The lowest BCUT2D eigenvalue weighted by molar-refractivity contribution is 0.0908. The van der Waals surface area contributed by atoms with Crippen LogP contribution in [0.2, 0.25) is 0 Å². The minimum Gasteiger partial charge on any atom is -0.397 e. The molecule has 0 saturated carbocycles. The molecule has 3 aromatic rings. The first-order valence-electron chi connectivity index (χ1n) is 11.4. The van der Waals surface area contributed by atoms with E-state index >= 15 is 0 Å². The first-order chi connectivity index (χ1) is 16.2. The van der Waals surface area contributed by atoms with Crippen molar-refractivity contribution in [2.75, 3.05) is 5.73 Å². The van der Waals surface area contributed by atoms with E-state index in [1.165, 1.54) is 12.1 Å². The van der Waals surface area contributed by atoms with Crippen LogP contribution in [-0.2, 0) is 19.4 Å². The Morgan fingerprint density at radius 1 is 1.24 bits per heavy atom. The lowest BCUT2D eigenvalue weighted by atomic mass is 9.75. The van der Waals surface area contributed by atoms with Crippen molar-refractivity contribution in [2.45, 2.75) is 46.1 Å². The molecular formula is C27H29FN4O2. The highest BCUT2D eigenvalue weighted by Crippen LogP contribution is 2.38. The van der Waals surface area contributed by atoms with E-state index in [0.29, 0.717) is 41.8 Å². The van der Waals surface area contributed by atoms with Gasteiger partial charge in [-0.25, -0.2) is 9.07 Å². The van der Waals surface area contributed by atoms with Crippen LogP contribution in [0.15, 0.2) is 55.1 Å². The molecule has 0 fully saturated rings. The van der Waals surface area contributed by atoms with E-state index in [-0.39, 0.29) is 29.5 Å². The van der Waals surface area contributed by atoms with Crippen molar-refractivity contribution in [3.63, 3.8) is 0 Å². The molecule has 0 aliphatic heterocycles. The van der Waals surface area contributed by atoms with E-state index in [2.05, 4.69) is 25.7 Å². The van der Waals surface area contributed by atoms with Gasteiger partial charge in [-0.2, -0.15) is 5.10 Å². The zero-order chi connectivity index (χ0) is 24.5. The second-order valence-electron chi connectivity index (χ2n) is 9.53. The van der Waals surface area contributed by atoms with Gasteiger partial charge in [-0.15, -0.1) is 6.58 Å². The van der Waals surface area contributed by atoms with Gasteiger partial charge in [-0.05, 0) is 60.6 Å². The van der Waals surface area contributed by atoms with Gasteiger partial charge in [-0.1, -0.05) is 32.1 Å². The van der Waals surface area contributed by atoms with Crippen molar-refractivity contribution >= 4 is 17.4 Å². The number of hydrogen-bond acceptors (Lipinski definition) is 4. The molecule has 0 bridgehead atoms. The van der Waals surface area contributed by atoms with Gasteiger partial charge in [-0.3, -0.25) is 9.59 Å². The summed E-state index contributed by atoms with van der Waals surface area (Å²) < 4.78 is 14.8. The van der Waals surface area contributed by atoms with Crippen LogP contribution in [0.25, 0.3) is 5.69 Å². The van der Waals surface area contributed by atoms with Crippen molar-refractivity contribution in [2.24, 2.45) is 5.41 Å². The van der Waals surface area contributed by atoms with E-state index in [1.54, 1.807) is 35.0 Å². The predicted octanol–water partition coefficient (Wildman–Crippen LogP) is 4.80. The summed E-state index contributed by atoms with van der Waals surface area (Å²) in [6, 6.07) is 11.0. The van der Waals surface area contributed by atoms with E-state index in [1.807, 2.05) is 6.08 Å². The number of carbonyl (C=O) groups excluding carboxylic acids is 2. The number of aromatic nitrogens is 2. The number of amides is 1. The molecule has 0 unspecified atom stereocenters. The summed E-state index contributed by atoms with van der Waals surface area (Å²) in [5.74, 6) is -0.503. The van der Waals surface area contributed by atoms with Gasteiger partial charge in [0.1, 0.15) is 5.82 Å². The molecule has 2 aromatic carbocycles. The fourth-order valence-electron chi connectivity index (χ4n) is 4.42. The number of hydrogen-bond donors (Lipinski definition) is 2. The average Bonchev–Trinajstić information content (AvgIpc) is 3.14. The summed E-state index contributed by atoms with van der Waals surface area (Å²) >= 11 is 0. The van der Waals surface area contributed by atoms with E-state index in [4.69, 9.17) is 10.8 Å². The van der Waals surface area contributed by atoms with Crippen molar-refractivity contribution in [1.29, 1.82) is 0 Å². The number of anilines is 1. The number of nitrogens with one attached hydrogen (secondary N) is 1. The molecule has 1 aliphatic carbocycles. The van der Waals surface area contributed by atoms with Gasteiger partial charge in [0.15, 0.2) is 5.78 Å². The molecule has 1 aliphatic rings. The zero-order valence-corrected chi connectivity index (χ0v) is 19.5. The minimum absolute atomic E-state index is 0.104. The standard InChI is InChI=1S/C27H29FN4O2/c1-4-5-6-21-25-23(14-27(2,3)15-24(25)33)32(31-21)22-12-9-18(13-20(22)29)26(34)30-16-17-7-10-19(28)11-8-17/h4,7-13H,1,5-6,14-16,29H2,2-3H3,(H,30,34). The molecule has 4 rings (SSSR count). The Morgan fingerprint density at radius 2 is 1.97 bits per heavy atom. The van der Waals surface area contributed by atoms with Crippen molar-refractivity contribution < 1.29 is 14.0 Å². The highest BCUT2D eigenvalue weighted by atomic mass is 19.1. The molecule has 0 spiro atoms. The minimum atomic E-state index is -0.322.